The third-order valence-corrected chi connectivity index (χ3v) is 3.82. The number of hydrogen-bond acceptors (Lipinski definition) is 6. The Morgan fingerprint density at radius 2 is 1.96 bits per heavy atom. The lowest BCUT2D eigenvalue weighted by Gasteiger charge is -2.37. The summed E-state index contributed by atoms with van der Waals surface area (Å²) >= 11 is 3.29. The minimum Gasteiger partial charge on any atom is -0.471 e. The van der Waals surface area contributed by atoms with Gasteiger partial charge in [0.25, 0.3) is 5.69 Å². The first-order valence-corrected chi connectivity index (χ1v) is 7.80. The molecule has 1 amide bonds. The molecule has 1 aliphatic rings. The predicted octanol–water partition coefficient (Wildman–Crippen LogP) is 3.01. The van der Waals surface area contributed by atoms with E-state index in [-0.39, 0.29) is 17.5 Å². The molecule has 1 saturated heterocycles. The van der Waals surface area contributed by atoms with E-state index < -0.39 is 11.0 Å². The molecular formula is C15H12BrN3O5. The fraction of sp³-hybridized carbons (Fsp3) is 0.200. The van der Waals surface area contributed by atoms with Crippen LogP contribution < -0.4 is 9.47 Å². The Balaban J connectivity index is 1.47. The van der Waals surface area contributed by atoms with Gasteiger partial charge in [-0.25, -0.2) is 9.78 Å². The van der Waals surface area contributed by atoms with Gasteiger partial charge in [0.2, 0.25) is 5.88 Å². The number of nitro benzene ring substituents is 1. The molecule has 0 atom stereocenters. The van der Waals surface area contributed by atoms with Crippen LogP contribution in [0.4, 0.5) is 10.5 Å². The van der Waals surface area contributed by atoms with Crippen LogP contribution in [-0.4, -0.2) is 40.1 Å². The molecule has 0 spiro atoms. The smallest absolute Gasteiger partial charge is 0.415 e. The normalized spacial score (nSPS) is 14.0. The van der Waals surface area contributed by atoms with Crippen LogP contribution in [0.15, 0.2) is 47.1 Å². The van der Waals surface area contributed by atoms with Gasteiger partial charge in [0.15, 0.2) is 0 Å². The summed E-state index contributed by atoms with van der Waals surface area (Å²) in [5, 5.41) is 10.6. The van der Waals surface area contributed by atoms with Gasteiger partial charge in [-0.3, -0.25) is 10.1 Å². The van der Waals surface area contributed by atoms with Gasteiger partial charge >= 0.3 is 6.09 Å². The van der Waals surface area contributed by atoms with Crippen molar-refractivity contribution in [2.75, 3.05) is 13.1 Å². The van der Waals surface area contributed by atoms with Crippen LogP contribution >= 0.6 is 15.9 Å². The molecule has 1 aromatic heterocycles. The summed E-state index contributed by atoms with van der Waals surface area (Å²) in [5.74, 6) is 0.746. The summed E-state index contributed by atoms with van der Waals surface area (Å²) < 4.78 is 11.6. The molecule has 0 aliphatic carbocycles. The fourth-order valence-electron chi connectivity index (χ4n) is 2.07. The van der Waals surface area contributed by atoms with Crippen molar-refractivity contribution in [3.8, 4) is 11.6 Å². The minimum absolute atomic E-state index is 0.0609. The topological polar surface area (TPSA) is 94.8 Å². The first kappa shape index (κ1) is 16.2. The number of rotatable bonds is 4. The lowest BCUT2D eigenvalue weighted by molar-refractivity contribution is -0.384. The SMILES string of the molecule is O=C(Oc1ccc([N+](=O)[O-])cc1)N1CC(Oc2ccc(Br)cn2)C1. The molecule has 124 valence electrons. The summed E-state index contributed by atoms with van der Waals surface area (Å²) in [7, 11) is 0. The molecule has 1 fully saturated rings. The maximum absolute atomic E-state index is 11.9. The molecule has 0 N–H and O–H groups in total. The standard InChI is InChI=1S/C15H12BrN3O5/c16-10-1-6-14(17-7-10)23-13-8-18(9-13)15(20)24-12-4-2-11(3-5-12)19(21)22/h1-7,13H,8-9H2. The average molecular weight is 394 g/mol. The van der Waals surface area contributed by atoms with Crippen LogP contribution in [-0.2, 0) is 0 Å². The number of non-ortho nitro benzene ring substituents is 1. The number of nitrogens with zero attached hydrogens (tertiary/aromatic N) is 3. The summed E-state index contributed by atoms with van der Waals surface area (Å²) in [6.45, 7) is 0.785. The largest absolute Gasteiger partial charge is 0.471 e. The highest BCUT2D eigenvalue weighted by Crippen LogP contribution is 2.21. The predicted molar refractivity (Wildman–Crippen MR) is 87.0 cm³/mol. The Morgan fingerprint density at radius 1 is 1.25 bits per heavy atom. The lowest BCUT2D eigenvalue weighted by Crippen LogP contribution is -2.57. The van der Waals surface area contributed by atoms with Gasteiger partial charge < -0.3 is 14.4 Å². The minimum atomic E-state index is -0.521. The number of halogens is 1. The number of benzene rings is 1. The quantitative estimate of drug-likeness (QED) is 0.585. The second kappa shape index (κ2) is 6.83. The van der Waals surface area contributed by atoms with Gasteiger partial charge in [-0.1, -0.05) is 0 Å². The molecule has 24 heavy (non-hydrogen) atoms. The van der Waals surface area contributed by atoms with Gasteiger partial charge in [0.1, 0.15) is 11.9 Å². The van der Waals surface area contributed by atoms with Crippen LogP contribution in [0.5, 0.6) is 11.6 Å². The molecule has 0 saturated carbocycles. The van der Waals surface area contributed by atoms with Crippen LogP contribution in [0.2, 0.25) is 0 Å². The molecule has 3 rings (SSSR count). The zero-order valence-corrected chi connectivity index (χ0v) is 13.9. The van der Waals surface area contributed by atoms with E-state index >= 15 is 0 Å². The first-order chi connectivity index (χ1) is 11.5. The Morgan fingerprint density at radius 3 is 2.54 bits per heavy atom. The highest BCUT2D eigenvalue weighted by atomic mass is 79.9. The highest BCUT2D eigenvalue weighted by molar-refractivity contribution is 9.10. The molecular weight excluding hydrogens is 382 g/mol. The number of aromatic nitrogens is 1. The van der Waals surface area contributed by atoms with Crippen molar-refractivity contribution in [1.82, 2.24) is 9.88 Å². The Bertz CT molecular complexity index is 745. The molecule has 0 bridgehead atoms. The fourth-order valence-corrected chi connectivity index (χ4v) is 2.30. The average Bonchev–Trinajstić information content (AvgIpc) is 2.52. The summed E-state index contributed by atoms with van der Waals surface area (Å²) in [6.07, 6.45) is 0.977. The molecule has 1 aromatic carbocycles. The van der Waals surface area contributed by atoms with Gasteiger partial charge in [0, 0.05) is 28.9 Å². The van der Waals surface area contributed by atoms with E-state index in [9.17, 15) is 14.9 Å². The van der Waals surface area contributed by atoms with Crippen molar-refractivity contribution in [3.63, 3.8) is 0 Å². The monoisotopic (exact) mass is 393 g/mol. The number of pyridine rings is 1. The molecule has 2 heterocycles. The van der Waals surface area contributed by atoms with Crippen molar-refractivity contribution in [2.24, 2.45) is 0 Å². The van der Waals surface area contributed by atoms with E-state index in [1.54, 1.807) is 12.3 Å². The van der Waals surface area contributed by atoms with Crippen molar-refractivity contribution in [3.05, 3.63) is 57.2 Å². The van der Waals surface area contributed by atoms with Gasteiger partial charge in [-0.2, -0.15) is 0 Å². The van der Waals surface area contributed by atoms with Crippen molar-refractivity contribution >= 4 is 27.7 Å². The van der Waals surface area contributed by atoms with Crippen LogP contribution in [0.3, 0.4) is 0 Å². The number of ether oxygens (including phenoxy) is 2. The van der Waals surface area contributed by atoms with Crippen LogP contribution in [0.25, 0.3) is 0 Å². The number of hydrogen-bond donors (Lipinski definition) is 0. The molecule has 0 unspecified atom stereocenters. The number of carbonyl (C=O) groups is 1. The van der Waals surface area contributed by atoms with E-state index in [0.717, 1.165) is 4.47 Å². The summed E-state index contributed by atoms with van der Waals surface area (Å²) in [5.41, 5.74) is -0.0609. The Labute approximate surface area is 145 Å². The maximum Gasteiger partial charge on any atom is 0.415 e. The van der Waals surface area contributed by atoms with Crippen LogP contribution in [0.1, 0.15) is 0 Å². The number of amides is 1. The third kappa shape index (κ3) is 3.80. The summed E-state index contributed by atoms with van der Waals surface area (Å²) in [4.78, 5) is 27.6. The van der Waals surface area contributed by atoms with E-state index in [1.165, 1.54) is 29.2 Å². The van der Waals surface area contributed by atoms with Crippen LogP contribution in [0, 0.1) is 10.1 Å². The molecule has 1 aliphatic heterocycles. The second-order valence-corrected chi connectivity index (χ2v) is 5.99. The number of likely N-dealkylation sites (tertiary alicyclic amines) is 1. The Hall–Kier alpha value is -2.68. The third-order valence-electron chi connectivity index (χ3n) is 3.35. The van der Waals surface area contributed by atoms with Crippen molar-refractivity contribution in [2.45, 2.75) is 6.10 Å². The van der Waals surface area contributed by atoms with Gasteiger partial charge in [-0.15, -0.1) is 0 Å². The molecule has 8 nitrogen and oxygen atoms in total. The van der Waals surface area contributed by atoms with Crippen molar-refractivity contribution < 1.29 is 19.2 Å². The zero-order valence-electron chi connectivity index (χ0n) is 12.3. The molecule has 0 radical (unpaired) electrons. The van der Waals surface area contributed by atoms with Gasteiger partial charge in [-0.05, 0) is 34.1 Å². The number of nitro groups is 1. The maximum atomic E-state index is 11.9. The summed E-state index contributed by atoms with van der Waals surface area (Å²) in [6, 6.07) is 8.89. The first-order valence-electron chi connectivity index (χ1n) is 7.01. The number of carbonyl (C=O) groups excluding carboxylic acids is 1. The second-order valence-electron chi connectivity index (χ2n) is 5.08. The zero-order chi connectivity index (χ0) is 17.1. The highest BCUT2D eigenvalue weighted by Gasteiger charge is 2.34. The van der Waals surface area contributed by atoms with E-state index in [4.69, 9.17) is 9.47 Å². The molecule has 9 heteroatoms. The molecule has 2 aromatic rings. The van der Waals surface area contributed by atoms with E-state index in [2.05, 4.69) is 20.9 Å². The van der Waals surface area contributed by atoms with E-state index in [1.807, 2.05) is 6.07 Å². The van der Waals surface area contributed by atoms with E-state index in [0.29, 0.717) is 19.0 Å². The van der Waals surface area contributed by atoms with Gasteiger partial charge in [0.05, 0.1) is 18.0 Å². The lowest BCUT2D eigenvalue weighted by atomic mass is 10.2. The van der Waals surface area contributed by atoms with Crippen molar-refractivity contribution in [1.29, 1.82) is 0 Å². The Kier molecular flexibility index (Phi) is 4.61.